The topological polar surface area (TPSA) is 12.9 Å². The summed E-state index contributed by atoms with van der Waals surface area (Å²) in [6.45, 7) is 0. The van der Waals surface area contributed by atoms with Crippen LogP contribution in [-0.2, 0) is 20.1 Å². The van der Waals surface area contributed by atoms with Crippen LogP contribution in [0.4, 0.5) is 0 Å². The minimum Gasteiger partial charge on any atom is -0.256 e. The van der Waals surface area contributed by atoms with E-state index in [1.54, 1.807) is 0 Å². The molecule has 1 heterocycles. The fourth-order valence-corrected chi connectivity index (χ4v) is 7.92. The van der Waals surface area contributed by atoms with E-state index in [4.69, 9.17) is 4.98 Å². The summed E-state index contributed by atoms with van der Waals surface area (Å²) >= 11 is 0. The zero-order valence-corrected chi connectivity index (χ0v) is 26.9. The smallest absolute Gasteiger partial charge is 0.0793 e. The van der Waals surface area contributed by atoms with Gasteiger partial charge in [0, 0.05) is 37.3 Å². The summed E-state index contributed by atoms with van der Waals surface area (Å²) in [5.74, 6) is 0. The summed E-state index contributed by atoms with van der Waals surface area (Å²) in [4.78, 5) is 4.97. The van der Waals surface area contributed by atoms with Crippen molar-refractivity contribution in [3.8, 4) is 11.3 Å². The van der Waals surface area contributed by atoms with Crippen LogP contribution in [0, 0.1) is 0 Å². The molecule has 0 aliphatic heterocycles. The van der Waals surface area contributed by atoms with E-state index in [9.17, 15) is 0 Å². The average Bonchev–Trinajstić information content (AvgIpc) is 3.02. The minimum absolute atomic E-state index is 0. The quantitative estimate of drug-likeness (QED) is 0.130. The fourth-order valence-electron chi connectivity index (χ4n) is 5.45. The number of fused-ring (bicyclic) bond motifs is 2. The van der Waals surface area contributed by atoms with Gasteiger partial charge in [0.1, 0.15) is 0 Å². The minimum atomic E-state index is -0.759. The molecule has 0 saturated heterocycles. The Morgan fingerprint density at radius 2 is 0.929 bits per heavy atom. The second-order valence-corrected chi connectivity index (χ2v) is 12.4. The van der Waals surface area contributed by atoms with Gasteiger partial charge in [-0.1, -0.05) is 146 Å². The van der Waals surface area contributed by atoms with E-state index in [1.807, 2.05) is 6.20 Å². The molecule has 0 atom stereocenters. The first-order valence-corrected chi connectivity index (χ1v) is 15.8. The summed E-state index contributed by atoms with van der Waals surface area (Å²) in [6.07, 6.45) is 15.9. The van der Waals surface area contributed by atoms with E-state index in [2.05, 4.69) is 152 Å². The van der Waals surface area contributed by atoms with Crippen molar-refractivity contribution in [3.05, 3.63) is 158 Å². The van der Waals surface area contributed by atoms with Crippen LogP contribution in [0.1, 0.15) is 25.7 Å². The Bertz CT molecular complexity index is 1720. The second kappa shape index (κ2) is 15.0. The number of aromatic nitrogens is 1. The third-order valence-corrected chi connectivity index (χ3v) is 9.90. The molecule has 0 spiro atoms. The molecule has 42 heavy (non-hydrogen) atoms. The van der Waals surface area contributed by atoms with Gasteiger partial charge in [-0.3, -0.25) is 4.98 Å². The normalized spacial score (nSPS) is 14.2. The van der Waals surface area contributed by atoms with Crippen molar-refractivity contribution in [1.82, 2.24) is 4.98 Å². The van der Waals surface area contributed by atoms with Gasteiger partial charge in [-0.2, -0.15) is 0 Å². The van der Waals surface area contributed by atoms with E-state index >= 15 is 0 Å². The number of pyridine rings is 1. The van der Waals surface area contributed by atoms with Gasteiger partial charge in [0.2, 0.25) is 0 Å². The molecule has 0 unspecified atom stereocenters. The van der Waals surface area contributed by atoms with E-state index in [0.29, 0.717) is 0 Å². The van der Waals surface area contributed by atoms with Crippen LogP contribution in [0.25, 0.3) is 32.8 Å². The Morgan fingerprint density at radius 3 is 1.50 bits per heavy atom. The molecular weight excluding hydrogens is 706 g/mol. The number of hydrogen-bond acceptors (Lipinski definition) is 1. The molecule has 1 aromatic heterocycles. The summed E-state index contributed by atoms with van der Waals surface area (Å²) in [5.41, 5.74) is 2.29. The van der Waals surface area contributed by atoms with Gasteiger partial charge in [0.25, 0.3) is 0 Å². The molecule has 209 valence electrons. The first-order valence-electron chi connectivity index (χ1n) is 14.5. The maximum absolute atomic E-state index is 4.97. The van der Waals surface area contributed by atoms with E-state index in [0.717, 1.165) is 5.69 Å². The Kier molecular flexibility index (Phi) is 10.6. The molecule has 5 aromatic carbocycles. The van der Waals surface area contributed by atoms with Gasteiger partial charge in [-0.05, 0) is 71.7 Å². The van der Waals surface area contributed by atoms with E-state index < -0.39 is 7.92 Å². The third kappa shape index (κ3) is 6.86. The van der Waals surface area contributed by atoms with E-state index in [1.165, 1.54) is 68.7 Å². The molecule has 0 saturated carbocycles. The molecule has 0 amide bonds. The van der Waals surface area contributed by atoms with Gasteiger partial charge in [0.05, 0.1) is 5.69 Å². The van der Waals surface area contributed by atoms with Crippen molar-refractivity contribution in [3.63, 3.8) is 0 Å². The zero-order chi connectivity index (χ0) is 27.7. The maximum atomic E-state index is 4.97. The Hall–Kier alpha value is -3.67. The molecule has 1 nitrogen and oxygen atoms in total. The van der Waals surface area contributed by atoms with Gasteiger partial charge in [0.15, 0.2) is 0 Å². The monoisotopic (exact) mass is 740 g/mol. The predicted octanol–water partition coefficient (Wildman–Crippen LogP) is 9.48. The first kappa shape index (κ1) is 29.8. The van der Waals surface area contributed by atoms with Gasteiger partial charge in [-0.15, -0.1) is 0 Å². The van der Waals surface area contributed by atoms with Crippen LogP contribution in [0.15, 0.2) is 158 Å². The maximum Gasteiger partial charge on any atom is 0.0793 e. The van der Waals surface area contributed by atoms with Crippen LogP contribution >= 0.6 is 7.92 Å². The fraction of sp³-hybridized carbons (Fsp3) is 0.103. The molecule has 6 aromatic rings. The largest absolute Gasteiger partial charge is 0.256 e. The Labute approximate surface area is 264 Å². The van der Waals surface area contributed by atoms with Gasteiger partial charge < -0.3 is 0 Å². The van der Waals surface area contributed by atoms with Crippen molar-refractivity contribution in [1.29, 1.82) is 0 Å². The summed E-state index contributed by atoms with van der Waals surface area (Å²) in [7, 11) is -0.759. The standard InChI is InChI=1S/C31H22NP.C8H12.Ir/c1-3-13-25(14-4-1)33(26-15-5-2-6-16-26)29-20-19-23-11-7-9-17-27(23)30(29)31-28-18-10-8-12-24(28)21-22-32-31;1-2-4-6-8-7-5-3-1;/h1-22H;1-2,7-8H,3-6H2;/b;2-1-,8-7-;. The van der Waals surface area contributed by atoms with Crippen LogP contribution in [0.3, 0.4) is 0 Å². The third-order valence-electron chi connectivity index (χ3n) is 7.42. The zero-order valence-electron chi connectivity index (χ0n) is 23.6. The molecule has 0 N–H and O–H groups in total. The average molecular weight is 740 g/mol. The predicted molar refractivity (Wildman–Crippen MR) is 180 cm³/mol. The Balaban J connectivity index is 0.000000342. The molecule has 1 aliphatic carbocycles. The summed E-state index contributed by atoms with van der Waals surface area (Å²) in [6, 6.07) is 45.7. The van der Waals surface area contributed by atoms with E-state index in [-0.39, 0.29) is 20.1 Å². The first-order chi connectivity index (χ1) is 20.4. The summed E-state index contributed by atoms with van der Waals surface area (Å²) < 4.78 is 0. The molecule has 0 fully saturated rings. The van der Waals surface area contributed by atoms with Crippen LogP contribution < -0.4 is 15.9 Å². The van der Waals surface area contributed by atoms with Crippen molar-refractivity contribution in [2.24, 2.45) is 0 Å². The molecular formula is C39H34IrNP. The SMILES string of the molecule is C1=C\CC/C=C\CC/1.[Ir].c1ccc(P(c2ccccc2)c2ccc3ccccc3c2-c2nccc3ccccc23)cc1. The molecule has 7 rings (SSSR count). The van der Waals surface area contributed by atoms with Gasteiger partial charge in [-0.25, -0.2) is 0 Å². The van der Waals surface area contributed by atoms with Gasteiger partial charge >= 0.3 is 0 Å². The number of allylic oxidation sites excluding steroid dienone is 4. The molecule has 1 aliphatic rings. The second-order valence-electron chi connectivity index (χ2n) is 10.2. The van der Waals surface area contributed by atoms with Crippen molar-refractivity contribution >= 4 is 45.4 Å². The molecule has 0 bridgehead atoms. The van der Waals surface area contributed by atoms with Crippen molar-refractivity contribution in [2.75, 3.05) is 0 Å². The molecule has 1 radical (unpaired) electrons. The number of nitrogens with zero attached hydrogens (tertiary/aromatic N) is 1. The Morgan fingerprint density at radius 1 is 0.452 bits per heavy atom. The van der Waals surface area contributed by atoms with Crippen molar-refractivity contribution in [2.45, 2.75) is 25.7 Å². The number of benzene rings is 5. The number of rotatable bonds is 4. The molecule has 3 heteroatoms. The van der Waals surface area contributed by atoms with Crippen LogP contribution in [0.5, 0.6) is 0 Å². The number of hydrogen-bond donors (Lipinski definition) is 0. The van der Waals surface area contributed by atoms with Crippen LogP contribution in [-0.4, -0.2) is 4.98 Å². The summed E-state index contributed by atoms with van der Waals surface area (Å²) in [5, 5.41) is 8.91. The van der Waals surface area contributed by atoms with Crippen LogP contribution in [0.2, 0.25) is 0 Å². The van der Waals surface area contributed by atoms with Crippen molar-refractivity contribution < 1.29 is 20.1 Å².